The Morgan fingerprint density at radius 3 is 2.68 bits per heavy atom. The van der Waals surface area contributed by atoms with Crippen LogP contribution in [-0.4, -0.2) is 48.7 Å². The lowest BCUT2D eigenvalue weighted by atomic mass is 9.83. The van der Waals surface area contributed by atoms with Crippen molar-refractivity contribution in [2.45, 2.75) is 26.2 Å². The maximum absolute atomic E-state index is 5.64. The summed E-state index contributed by atoms with van der Waals surface area (Å²) in [5.41, 5.74) is 6.08. The Morgan fingerprint density at radius 2 is 1.97 bits per heavy atom. The van der Waals surface area contributed by atoms with Gasteiger partial charge in [0, 0.05) is 56.4 Å². The van der Waals surface area contributed by atoms with Crippen molar-refractivity contribution in [3.8, 4) is 0 Å². The molecular formula is C25H31N5O. The van der Waals surface area contributed by atoms with Gasteiger partial charge in [-0.25, -0.2) is 9.97 Å². The number of ether oxygens (including phenoxy) is 1. The van der Waals surface area contributed by atoms with Crippen molar-refractivity contribution in [3.63, 3.8) is 0 Å². The highest BCUT2D eigenvalue weighted by atomic mass is 16.5. The van der Waals surface area contributed by atoms with E-state index >= 15 is 0 Å². The number of methoxy groups -OCH3 is 1. The van der Waals surface area contributed by atoms with Gasteiger partial charge >= 0.3 is 0 Å². The average molecular weight is 418 g/mol. The number of benzene rings is 1. The van der Waals surface area contributed by atoms with Crippen molar-refractivity contribution >= 4 is 17.3 Å². The molecule has 6 nitrogen and oxygen atoms in total. The van der Waals surface area contributed by atoms with Crippen LogP contribution in [0.4, 0.5) is 17.3 Å². The molecule has 2 aromatic rings. The van der Waals surface area contributed by atoms with Gasteiger partial charge in [-0.2, -0.15) is 0 Å². The second-order valence-corrected chi connectivity index (χ2v) is 9.23. The van der Waals surface area contributed by atoms with E-state index in [1.165, 1.54) is 11.3 Å². The summed E-state index contributed by atoms with van der Waals surface area (Å²) < 4.78 is 5.64. The molecule has 2 aliphatic heterocycles. The van der Waals surface area contributed by atoms with Crippen LogP contribution in [0.5, 0.6) is 0 Å². The lowest BCUT2D eigenvalue weighted by Gasteiger charge is -2.28. The second kappa shape index (κ2) is 7.91. The number of nitrogens with zero attached hydrogens (tertiary/aromatic N) is 4. The summed E-state index contributed by atoms with van der Waals surface area (Å²) >= 11 is 0. The van der Waals surface area contributed by atoms with E-state index in [-0.39, 0.29) is 5.92 Å². The van der Waals surface area contributed by atoms with Crippen molar-refractivity contribution in [1.82, 2.24) is 14.9 Å². The summed E-state index contributed by atoms with van der Waals surface area (Å²) in [6.45, 7) is 7.69. The van der Waals surface area contributed by atoms with E-state index < -0.39 is 0 Å². The van der Waals surface area contributed by atoms with Crippen molar-refractivity contribution in [1.29, 1.82) is 0 Å². The van der Waals surface area contributed by atoms with Crippen LogP contribution in [0.3, 0.4) is 0 Å². The van der Waals surface area contributed by atoms with Gasteiger partial charge in [-0.15, -0.1) is 0 Å². The van der Waals surface area contributed by atoms with Gasteiger partial charge < -0.3 is 19.9 Å². The molecule has 2 atom stereocenters. The molecule has 1 aromatic heterocycles. The predicted molar refractivity (Wildman–Crippen MR) is 125 cm³/mol. The lowest BCUT2D eigenvalue weighted by Crippen LogP contribution is -2.23. The molecule has 0 saturated carbocycles. The molecule has 1 N–H and O–H groups in total. The number of hydrogen-bond acceptors (Lipinski definition) is 6. The second-order valence-electron chi connectivity index (χ2n) is 9.23. The standard InChI is InChI=1S/C25H31N5O/c1-16(2)23-22(31-4)10-5-17-11-26-25(28-24(17)23)27-20-6-8-21(9-7-20)30-14-18-12-29(3)13-19(18)15-30/h6-12,16,19,23H,5,13-15H2,1-4H3,(H,26,27,28). The third kappa shape index (κ3) is 3.75. The van der Waals surface area contributed by atoms with Crippen LogP contribution in [0.25, 0.3) is 0 Å². The minimum atomic E-state index is 0.169. The molecule has 1 saturated heterocycles. The molecule has 6 heteroatoms. The molecule has 0 amide bonds. The molecule has 31 heavy (non-hydrogen) atoms. The van der Waals surface area contributed by atoms with Gasteiger partial charge in [-0.3, -0.25) is 0 Å². The van der Waals surface area contributed by atoms with Crippen LogP contribution in [0.1, 0.15) is 31.0 Å². The first kappa shape index (κ1) is 19.9. The molecule has 3 aliphatic rings. The van der Waals surface area contributed by atoms with E-state index in [0.717, 1.165) is 43.2 Å². The minimum absolute atomic E-state index is 0.169. The van der Waals surface area contributed by atoms with E-state index in [1.54, 1.807) is 12.7 Å². The van der Waals surface area contributed by atoms with E-state index in [4.69, 9.17) is 9.72 Å². The smallest absolute Gasteiger partial charge is 0.227 e. The summed E-state index contributed by atoms with van der Waals surface area (Å²) in [6.07, 6.45) is 7.23. The molecule has 3 heterocycles. The van der Waals surface area contributed by atoms with E-state index in [0.29, 0.717) is 17.8 Å². The van der Waals surface area contributed by atoms with Crippen LogP contribution in [0.2, 0.25) is 0 Å². The normalized spacial score (nSPS) is 22.2. The highest BCUT2D eigenvalue weighted by Gasteiger charge is 2.32. The Hall–Kier alpha value is -3.02. The van der Waals surface area contributed by atoms with Gasteiger partial charge in [0.1, 0.15) is 5.76 Å². The van der Waals surface area contributed by atoms with Gasteiger partial charge in [0.05, 0.1) is 18.7 Å². The lowest BCUT2D eigenvalue weighted by molar-refractivity contribution is 0.240. The van der Waals surface area contributed by atoms with Crippen molar-refractivity contribution in [2.75, 3.05) is 44.0 Å². The topological polar surface area (TPSA) is 53.5 Å². The number of nitrogens with one attached hydrogen (secondary N) is 1. The van der Waals surface area contributed by atoms with Crippen LogP contribution < -0.4 is 10.2 Å². The summed E-state index contributed by atoms with van der Waals surface area (Å²) in [5, 5.41) is 3.39. The van der Waals surface area contributed by atoms with Gasteiger partial charge in [-0.1, -0.05) is 13.8 Å². The van der Waals surface area contributed by atoms with E-state index in [2.05, 4.69) is 77.5 Å². The molecule has 1 aliphatic carbocycles. The Balaban J connectivity index is 1.31. The van der Waals surface area contributed by atoms with Crippen LogP contribution in [0, 0.1) is 11.8 Å². The predicted octanol–water partition coefficient (Wildman–Crippen LogP) is 4.31. The van der Waals surface area contributed by atoms with Crippen molar-refractivity contribution in [3.05, 3.63) is 65.3 Å². The zero-order chi connectivity index (χ0) is 21.5. The average Bonchev–Trinajstić information content (AvgIpc) is 3.30. The summed E-state index contributed by atoms with van der Waals surface area (Å²) in [6, 6.07) is 8.61. The molecular weight excluding hydrogens is 386 g/mol. The molecule has 162 valence electrons. The molecule has 1 aromatic carbocycles. The van der Waals surface area contributed by atoms with Crippen LogP contribution in [0.15, 0.2) is 54.1 Å². The number of rotatable bonds is 5. The zero-order valence-corrected chi connectivity index (χ0v) is 18.8. The summed E-state index contributed by atoms with van der Waals surface area (Å²) in [5.74, 6) is 2.89. The first-order chi connectivity index (χ1) is 15.0. The third-order valence-corrected chi connectivity index (χ3v) is 6.65. The molecule has 0 radical (unpaired) electrons. The van der Waals surface area contributed by atoms with E-state index in [9.17, 15) is 0 Å². The quantitative estimate of drug-likeness (QED) is 0.782. The van der Waals surface area contributed by atoms with E-state index in [1.807, 2.05) is 6.20 Å². The monoisotopic (exact) mass is 417 g/mol. The van der Waals surface area contributed by atoms with Gasteiger partial charge in [0.25, 0.3) is 0 Å². The SMILES string of the molecule is COC1=CCc2cnc(Nc3ccc(N4CC5=CN(C)CC5C4)cc3)nc2C1C(C)C. The first-order valence-corrected chi connectivity index (χ1v) is 11.1. The molecule has 0 bridgehead atoms. The maximum atomic E-state index is 5.64. The molecule has 1 fully saturated rings. The number of fused-ring (bicyclic) bond motifs is 2. The molecule has 0 spiro atoms. The fraction of sp³-hybridized carbons (Fsp3) is 0.440. The largest absolute Gasteiger partial charge is 0.501 e. The number of hydrogen-bond donors (Lipinski definition) is 1. The van der Waals surface area contributed by atoms with Crippen molar-refractivity contribution in [2.24, 2.45) is 11.8 Å². The number of allylic oxidation sites excluding steroid dienone is 2. The zero-order valence-electron chi connectivity index (χ0n) is 18.8. The highest BCUT2D eigenvalue weighted by molar-refractivity contribution is 5.61. The van der Waals surface area contributed by atoms with Gasteiger partial charge in [0.15, 0.2) is 0 Å². The Kier molecular flexibility index (Phi) is 5.08. The van der Waals surface area contributed by atoms with Crippen LogP contribution in [-0.2, 0) is 11.2 Å². The number of anilines is 3. The highest BCUT2D eigenvalue weighted by Crippen LogP contribution is 2.37. The minimum Gasteiger partial charge on any atom is -0.501 e. The molecule has 5 rings (SSSR count). The molecule has 2 unspecified atom stereocenters. The fourth-order valence-corrected chi connectivity index (χ4v) is 5.12. The summed E-state index contributed by atoms with van der Waals surface area (Å²) in [4.78, 5) is 14.2. The van der Waals surface area contributed by atoms with Crippen molar-refractivity contribution < 1.29 is 4.74 Å². The summed E-state index contributed by atoms with van der Waals surface area (Å²) in [7, 11) is 3.91. The maximum Gasteiger partial charge on any atom is 0.227 e. The first-order valence-electron chi connectivity index (χ1n) is 11.1. The Morgan fingerprint density at radius 1 is 1.16 bits per heavy atom. The third-order valence-electron chi connectivity index (χ3n) is 6.65. The fourth-order valence-electron chi connectivity index (χ4n) is 5.12. The number of aromatic nitrogens is 2. The van der Waals surface area contributed by atoms with Gasteiger partial charge in [0.2, 0.25) is 5.95 Å². The Bertz CT molecular complexity index is 1030. The Labute approximate surface area is 184 Å². The van der Waals surface area contributed by atoms with Gasteiger partial charge in [-0.05, 0) is 53.8 Å². The van der Waals surface area contributed by atoms with Crippen LogP contribution >= 0.6 is 0 Å².